The van der Waals surface area contributed by atoms with E-state index in [4.69, 9.17) is 42.9 Å². The minimum Gasteiger partial charge on any atom is -0.493 e. The van der Waals surface area contributed by atoms with E-state index in [9.17, 15) is 0 Å². The Labute approximate surface area is 153 Å². The lowest BCUT2D eigenvalue weighted by atomic mass is 10.2. The Kier molecular flexibility index (Phi) is 5.28. The largest absolute Gasteiger partial charge is 0.493 e. The summed E-state index contributed by atoms with van der Waals surface area (Å²) in [6.07, 6.45) is 0. The number of nitrogens with zero attached hydrogens (tertiary/aromatic N) is 2. The second kappa shape index (κ2) is 7.60. The lowest BCUT2D eigenvalue weighted by Crippen LogP contribution is -2.06. The monoisotopic (exact) mass is 380 g/mol. The molecule has 9 heteroatoms. The van der Waals surface area contributed by atoms with Crippen LogP contribution < -0.4 is 20.7 Å². The zero-order chi connectivity index (χ0) is 17.8. The standard InChI is InChI=1S/C16H14Cl2N4O3/c1-23-13-5-3-9(15-21-22-16(20-19)25-15)6-14(13)24-8-10-2-4-11(17)7-12(10)18/h2-7H,8,19H2,1H3,(H,20,22). The normalized spacial score (nSPS) is 10.6. The molecule has 0 radical (unpaired) electrons. The molecule has 7 nitrogen and oxygen atoms in total. The molecule has 0 saturated heterocycles. The van der Waals surface area contributed by atoms with Crippen molar-refractivity contribution >= 4 is 29.2 Å². The SMILES string of the molecule is COc1ccc(-c2nnc(NN)o2)cc1OCc1ccc(Cl)cc1Cl. The number of benzene rings is 2. The third-order valence-corrected chi connectivity index (χ3v) is 3.94. The van der Waals surface area contributed by atoms with E-state index in [0.29, 0.717) is 33.0 Å². The van der Waals surface area contributed by atoms with E-state index < -0.39 is 0 Å². The summed E-state index contributed by atoms with van der Waals surface area (Å²) in [4.78, 5) is 0. The fourth-order valence-electron chi connectivity index (χ4n) is 2.11. The lowest BCUT2D eigenvalue weighted by Gasteiger charge is -2.12. The van der Waals surface area contributed by atoms with Crippen LogP contribution in [0.15, 0.2) is 40.8 Å². The van der Waals surface area contributed by atoms with Crippen molar-refractivity contribution < 1.29 is 13.9 Å². The van der Waals surface area contributed by atoms with Crippen LogP contribution in [0.25, 0.3) is 11.5 Å². The van der Waals surface area contributed by atoms with Crippen LogP contribution in [0.3, 0.4) is 0 Å². The van der Waals surface area contributed by atoms with Crippen molar-refractivity contribution in [2.45, 2.75) is 6.61 Å². The Morgan fingerprint density at radius 2 is 1.96 bits per heavy atom. The highest BCUT2D eigenvalue weighted by molar-refractivity contribution is 6.35. The summed E-state index contributed by atoms with van der Waals surface area (Å²) in [5.41, 5.74) is 3.75. The van der Waals surface area contributed by atoms with Gasteiger partial charge in [0.15, 0.2) is 11.5 Å². The molecule has 0 aliphatic rings. The Morgan fingerprint density at radius 1 is 1.12 bits per heavy atom. The molecule has 3 aromatic rings. The molecule has 0 bridgehead atoms. The molecule has 3 N–H and O–H groups in total. The molecule has 3 rings (SSSR count). The van der Waals surface area contributed by atoms with Gasteiger partial charge in [0.25, 0.3) is 0 Å². The lowest BCUT2D eigenvalue weighted by molar-refractivity contribution is 0.284. The number of halogens is 2. The fourth-order valence-corrected chi connectivity index (χ4v) is 2.58. The van der Waals surface area contributed by atoms with Gasteiger partial charge >= 0.3 is 6.01 Å². The van der Waals surface area contributed by atoms with E-state index in [2.05, 4.69) is 15.6 Å². The van der Waals surface area contributed by atoms with Crippen LogP contribution in [0.2, 0.25) is 10.0 Å². The third kappa shape index (κ3) is 3.96. The number of hydrogen-bond donors (Lipinski definition) is 2. The summed E-state index contributed by atoms with van der Waals surface area (Å²) in [6.45, 7) is 0.245. The zero-order valence-electron chi connectivity index (χ0n) is 13.1. The molecule has 0 atom stereocenters. The second-order valence-electron chi connectivity index (χ2n) is 4.95. The molecule has 25 heavy (non-hydrogen) atoms. The highest BCUT2D eigenvalue weighted by atomic mass is 35.5. The van der Waals surface area contributed by atoms with Gasteiger partial charge in [-0.25, -0.2) is 5.84 Å². The van der Waals surface area contributed by atoms with Crippen LogP contribution in [0.4, 0.5) is 6.01 Å². The molecule has 0 aliphatic carbocycles. The first kappa shape index (κ1) is 17.3. The first-order valence-corrected chi connectivity index (χ1v) is 7.91. The van der Waals surface area contributed by atoms with Gasteiger partial charge in [0.1, 0.15) is 6.61 Å². The van der Waals surface area contributed by atoms with Crippen molar-refractivity contribution in [1.82, 2.24) is 10.2 Å². The highest BCUT2D eigenvalue weighted by Crippen LogP contribution is 2.33. The average molecular weight is 381 g/mol. The number of nitrogens with two attached hydrogens (primary N) is 1. The van der Waals surface area contributed by atoms with Gasteiger partial charge in [-0.05, 0) is 30.3 Å². The van der Waals surface area contributed by atoms with E-state index in [1.165, 1.54) is 0 Å². The number of methoxy groups -OCH3 is 1. The molecule has 0 aliphatic heterocycles. The molecule has 0 saturated carbocycles. The molecule has 0 unspecified atom stereocenters. The Bertz CT molecular complexity index is 886. The van der Waals surface area contributed by atoms with Crippen molar-refractivity contribution in [3.63, 3.8) is 0 Å². The van der Waals surface area contributed by atoms with Gasteiger partial charge in [0.2, 0.25) is 5.89 Å². The van der Waals surface area contributed by atoms with Gasteiger partial charge in [0, 0.05) is 21.2 Å². The number of anilines is 1. The number of rotatable bonds is 6. The van der Waals surface area contributed by atoms with E-state index in [-0.39, 0.29) is 12.6 Å². The Hall–Kier alpha value is -2.48. The molecule has 0 fully saturated rings. The number of ether oxygens (including phenoxy) is 2. The quantitative estimate of drug-likeness (QED) is 0.494. The molecule has 2 aromatic carbocycles. The topological polar surface area (TPSA) is 95.4 Å². The summed E-state index contributed by atoms with van der Waals surface area (Å²) in [5.74, 6) is 6.60. The van der Waals surface area contributed by atoms with Gasteiger partial charge in [-0.1, -0.05) is 34.4 Å². The maximum atomic E-state index is 6.17. The molecule has 1 heterocycles. The van der Waals surface area contributed by atoms with E-state index in [1.807, 2.05) is 0 Å². The van der Waals surface area contributed by atoms with Gasteiger partial charge in [0.05, 0.1) is 7.11 Å². The number of aromatic nitrogens is 2. The number of nitrogens with one attached hydrogen (secondary N) is 1. The number of hydrogen-bond acceptors (Lipinski definition) is 7. The predicted octanol–water partition coefficient (Wildman–Crippen LogP) is 3.92. The minimum absolute atomic E-state index is 0.112. The summed E-state index contributed by atoms with van der Waals surface area (Å²) >= 11 is 12.1. The maximum Gasteiger partial charge on any atom is 0.330 e. The molecular weight excluding hydrogens is 367 g/mol. The average Bonchev–Trinajstić information content (AvgIpc) is 3.10. The minimum atomic E-state index is 0.112. The predicted molar refractivity (Wildman–Crippen MR) is 94.9 cm³/mol. The zero-order valence-corrected chi connectivity index (χ0v) is 14.6. The van der Waals surface area contributed by atoms with Crippen LogP contribution in [-0.4, -0.2) is 17.3 Å². The fraction of sp³-hybridized carbons (Fsp3) is 0.125. The first-order chi connectivity index (χ1) is 12.1. The summed E-state index contributed by atoms with van der Waals surface area (Å²) in [7, 11) is 1.56. The second-order valence-corrected chi connectivity index (χ2v) is 5.79. The molecule has 1 aromatic heterocycles. The van der Waals surface area contributed by atoms with Gasteiger partial charge in [-0.15, -0.1) is 5.10 Å². The van der Waals surface area contributed by atoms with Gasteiger partial charge in [-0.2, -0.15) is 0 Å². The van der Waals surface area contributed by atoms with E-state index in [1.54, 1.807) is 43.5 Å². The first-order valence-electron chi connectivity index (χ1n) is 7.16. The Balaban J connectivity index is 1.85. The number of hydrazine groups is 1. The van der Waals surface area contributed by atoms with E-state index in [0.717, 1.165) is 5.56 Å². The summed E-state index contributed by atoms with van der Waals surface area (Å²) < 4.78 is 16.5. The van der Waals surface area contributed by atoms with Crippen LogP contribution in [0, 0.1) is 0 Å². The van der Waals surface area contributed by atoms with Crippen LogP contribution >= 0.6 is 23.2 Å². The van der Waals surface area contributed by atoms with Crippen molar-refractivity contribution in [2.24, 2.45) is 5.84 Å². The number of nitrogen functional groups attached to an aromatic ring is 1. The van der Waals surface area contributed by atoms with Gasteiger partial charge in [-0.3, -0.25) is 5.43 Å². The smallest absolute Gasteiger partial charge is 0.330 e. The summed E-state index contributed by atoms with van der Waals surface area (Å²) in [5, 5.41) is 8.74. The van der Waals surface area contributed by atoms with Crippen molar-refractivity contribution in [1.29, 1.82) is 0 Å². The summed E-state index contributed by atoms with van der Waals surface area (Å²) in [6, 6.07) is 10.6. The van der Waals surface area contributed by atoms with Crippen molar-refractivity contribution in [3.05, 3.63) is 52.0 Å². The van der Waals surface area contributed by atoms with Crippen LogP contribution in [0.5, 0.6) is 11.5 Å². The van der Waals surface area contributed by atoms with Gasteiger partial charge < -0.3 is 13.9 Å². The van der Waals surface area contributed by atoms with Crippen LogP contribution in [-0.2, 0) is 6.61 Å². The maximum absolute atomic E-state index is 6.17. The third-order valence-electron chi connectivity index (χ3n) is 3.36. The van der Waals surface area contributed by atoms with Crippen molar-refractivity contribution in [3.8, 4) is 23.0 Å². The molecular formula is C16H14Cl2N4O3. The molecule has 130 valence electrons. The molecule has 0 spiro atoms. The molecule has 0 amide bonds. The van der Waals surface area contributed by atoms with Crippen LogP contribution in [0.1, 0.15) is 5.56 Å². The van der Waals surface area contributed by atoms with Crippen molar-refractivity contribution in [2.75, 3.05) is 12.5 Å². The van der Waals surface area contributed by atoms with E-state index >= 15 is 0 Å². The highest BCUT2D eigenvalue weighted by Gasteiger charge is 2.13. The Morgan fingerprint density at radius 3 is 2.64 bits per heavy atom.